The molecule has 2 rings (SSSR count). The smallest absolute Gasteiger partial charge is 0.156 e. The molecule has 0 aromatic carbocycles. The minimum absolute atomic E-state index is 0.0482. The summed E-state index contributed by atoms with van der Waals surface area (Å²) in [5.74, 6) is 0.299. The van der Waals surface area contributed by atoms with E-state index in [1.165, 1.54) is 0 Å². The van der Waals surface area contributed by atoms with Gasteiger partial charge in [0.25, 0.3) is 0 Å². The monoisotopic (exact) mass is 220 g/mol. The Morgan fingerprint density at radius 3 is 3.19 bits per heavy atom. The van der Waals surface area contributed by atoms with Gasteiger partial charge in [0, 0.05) is 12.7 Å². The van der Waals surface area contributed by atoms with Crippen molar-refractivity contribution in [3.8, 4) is 0 Å². The molecule has 3 N–H and O–H groups in total. The molecule has 0 saturated carbocycles. The Balaban J connectivity index is 2.04. The molecule has 0 bridgehead atoms. The number of aromatic nitrogens is 1. The van der Waals surface area contributed by atoms with Gasteiger partial charge in [-0.25, -0.2) is 0 Å². The Morgan fingerprint density at radius 2 is 2.50 bits per heavy atom. The second kappa shape index (κ2) is 4.94. The van der Waals surface area contributed by atoms with Crippen molar-refractivity contribution in [2.45, 2.75) is 25.4 Å². The van der Waals surface area contributed by atoms with Crippen LogP contribution in [0.15, 0.2) is 29.6 Å². The summed E-state index contributed by atoms with van der Waals surface area (Å²) >= 11 is 0. The normalized spacial score (nSPS) is 22.5. The maximum atomic E-state index is 8.70. The third-order valence-electron chi connectivity index (χ3n) is 2.91. The lowest BCUT2D eigenvalue weighted by Gasteiger charge is -2.22. The van der Waals surface area contributed by atoms with Crippen molar-refractivity contribution in [1.29, 1.82) is 0 Å². The van der Waals surface area contributed by atoms with Gasteiger partial charge < -0.3 is 10.9 Å². The van der Waals surface area contributed by atoms with Crippen molar-refractivity contribution >= 4 is 5.84 Å². The van der Waals surface area contributed by atoms with Crippen LogP contribution in [0.2, 0.25) is 0 Å². The fraction of sp³-hybridized carbons (Fsp3) is 0.455. The van der Waals surface area contributed by atoms with Gasteiger partial charge in [0.15, 0.2) is 5.84 Å². The maximum absolute atomic E-state index is 8.70. The van der Waals surface area contributed by atoms with Crippen molar-refractivity contribution in [2.24, 2.45) is 10.9 Å². The highest BCUT2D eigenvalue weighted by atomic mass is 16.4. The Bertz CT molecular complexity index is 366. The molecule has 2 heterocycles. The second-order valence-electron chi connectivity index (χ2n) is 3.97. The van der Waals surface area contributed by atoms with E-state index in [1.807, 2.05) is 18.2 Å². The lowest BCUT2D eigenvalue weighted by molar-refractivity contribution is 0.272. The summed E-state index contributed by atoms with van der Waals surface area (Å²) in [5.41, 5.74) is 6.67. The van der Waals surface area contributed by atoms with Gasteiger partial charge in [0.2, 0.25) is 0 Å². The number of amidine groups is 1. The Morgan fingerprint density at radius 1 is 1.62 bits per heavy atom. The average molecular weight is 220 g/mol. The Labute approximate surface area is 94.6 Å². The van der Waals surface area contributed by atoms with Crippen LogP contribution in [0, 0.1) is 0 Å². The number of nitrogens with two attached hydrogens (primary N) is 1. The maximum Gasteiger partial charge on any atom is 0.156 e. The van der Waals surface area contributed by atoms with Gasteiger partial charge in [0.05, 0.1) is 11.7 Å². The minimum Gasteiger partial charge on any atom is -0.409 e. The van der Waals surface area contributed by atoms with Crippen molar-refractivity contribution in [2.75, 3.05) is 6.54 Å². The van der Waals surface area contributed by atoms with E-state index in [4.69, 9.17) is 10.9 Å². The molecule has 1 unspecified atom stereocenters. The van der Waals surface area contributed by atoms with Crippen LogP contribution in [0.4, 0.5) is 0 Å². The zero-order valence-electron chi connectivity index (χ0n) is 9.08. The molecular formula is C11H16N4O. The minimum atomic E-state index is 0.0482. The molecule has 1 aromatic rings. The first-order valence-corrected chi connectivity index (χ1v) is 5.42. The van der Waals surface area contributed by atoms with Gasteiger partial charge in [-0.3, -0.25) is 9.88 Å². The van der Waals surface area contributed by atoms with Gasteiger partial charge in [-0.15, -0.1) is 0 Å². The quantitative estimate of drug-likeness (QED) is 0.342. The van der Waals surface area contributed by atoms with Crippen LogP contribution < -0.4 is 5.73 Å². The van der Waals surface area contributed by atoms with Crippen molar-refractivity contribution in [1.82, 2.24) is 9.88 Å². The number of rotatable bonds is 3. The lowest BCUT2D eigenvalue weighted by Crippen LogP contribution is -2.40. The molecule has 0 amide bonds. The summed E-state index contributed by atoms with van der Waals surface area (Å²) in [6.45, 7) is 1.72. The third kappa shape index (κ3) is 2.30. The molecule has 5 heteroatoms. The summed E-state index contributed by atoms with van der Waals surface area (Å²) in [7, 11) is 0. The molecule has 1 saturated heterocycles. The average Bonchev–Trinajstić information content (AvgIpc) is 2.77. The number of hydrogen-bond donors (Lipinski definition) is 2. The summed E-state index contributed by atoms with van der Waals surface area (Å²) in [5, 5.41) is 11.8. The molecule has 0 aliphatic carbocycles. The van der Waals surface area contributed by atoms with E-state index < -0.39 is 0 Å². The van der Waals surface area contributed by atoms with E-state index >= 15 is 0 Å². The SMILES string of the molecule is NC(=NO)C1CCCN1Cc1ccccn1. The first-order valence-electron chi connectivity index (χ1n) is 5.42. The molecule has 1 aliphatic heterocycles. The first-order chi connectivity index (χ1) is 7.81. The molecular weight excluding hydrogens is 204 g/mol. The Hall–Kier alpha value is -1.62. The molecule has 16 heavy (non-hydrogen) atoms. The largest absolute Gasteiger partial charge is 0.409 e. The number of hydrogen-bond acceptors (Lipinski definition) is 4. The van der Waals surface area contributed by atoms with Crippen LogP contribution >= 0.6 is 0 Å². The lowest BCUT2D eigenvalue weighted by atomic mass is 10.2. The van der Waals surface area contributed by atoms with Gasteiger partial charge in [-0.2, -0.15) is 0 Å². The van der Waals surface area contributed by atoms with Gasteiger partial charge in [0.1, 0.15) is 0 Å². The summed E-state index contributed by atoms with van der Waals surface area (Å²) in [4.78, 5) is 6.47. The molecule has 0 radical (unpaired) electrons. The standard InChI is InChI=1S/C11H16N4O/c12-11(14-16)10-5-3-7-15(10)8-9-4-1-2-6-13-9/h1-2,4,6,10,16H,3,5,7-8H2,(H2,12,14). The molecule has 1 aromatic heterocycles. The van der Waals surface area contributed by atoms with E-state index in [1.54, 1.807) is 6.20 Å². The molecule has 1 aliphatic rings. The van der Waals surface area contributed by atoms with Crippen molar-refractivity contribution < 1.29 is 5.21 Å². The highest BCUT2D eigenvalue weighted by Gasteiger charge is 2.28. The van der Waals surface area contributed by atoms with Crippen LogP contribution in [-0.2, 0) is 6.54 Å². The third-order valence-corrected chi connectivity index (χ3v) is 2.91. The highest BCUT2D eigenvalue weighted by molar-refractivity contribution is 5.85. The molecule has 5 nitrogen and oxygen atoms in total. The zero-order chi connectivity index (χ0) is 11.4. The van der Waals surface area contributed by atoms with Gasteiger partial charge >= 0.3 is 0 Å². The fourth-order valence-corrected chi connectivity index (χ4v) is 2.12. The number of nitrogens with zero attached hydrogens (tertiary/aromatic N) is 3. The van der Waals surface area contributed by atoms with E-state index in [-0.39, 0.29) is 6.04 Å². The van der Waals surface area contributed by atoms with Gasteiger partial charge in [-0.1, -0.05) is 11.2 Å². The van der Waals surface area contributed by atoms with Gasteiger partial charge in [-0.05, 0) is 31.5 Å². The number of pyridine rings is 1. The fourth-order valence-electron chi connectivity index (χ4n) is 2.12. The zero-order valence-corrected chi connectivity index (χ0v) is 9.08. The summed E-state index contributed by atoms with van der Waals surface area (Å²) in [6.07, 6.45) is 3.81. The van der Waals surface area contributed by atoms with Crippen molar-refractivity contribution in [3.05, 3.63) is 30.1 Å². The van der Waals surface area contributed by atoms with E-state index in [0.717, 1.165) is 31.6 Å². The van der Waals surface area contributed by atoms with E-state index in [2.05, 4.69) is 15.0 Å². The predicted octanol–water partition coefficient (Wildman–Crippen LogP) is 0.792. The summed E-state index contributed by atoms with van der Waals surface area (Å²) < 4.78 is 0. The highest BCUT2D eigenvalue weighted by Crippen LogP contribution is 2.19. The molecule has 86 valence electrons. The van der Waals surface area contributed by atoms with Crippen LogP contribution in [-0.4, -0.2) is 33.5 Å². The topological polar surface area (TPSA) is 74.7 Å². The Kier molecular flexibility index (Phi) is 3.36. The van der Waals surface area contributed by atoms with Crippen molar-refractivity contribution in [3.63, 3.8) is 0 Å². The van der Waals surface area contributed by atoms with E-state index in [9.17, 15) is 0 Å². The van der Waals surface area contributed by atoms with Crippen LogP contribution in [0.3, 0.4) is 0 Å². The van der Waals surface area contributed by atoms with Crippen LogP contribution in [0.25, 0.3) is 0 Å². The molecule has 1 fully saturated rings. The predicted molar refractivity (Wildman–Crippen MR) is 61.1 cm³/mol. The second-order valence-corrected chi connectivity index (χ2v) is 3.97. The van der Waals surface area contributed by atoms with Crippen LogP contribution in [0.5, 0.6) is 0 Å². The number of oxime groups is 1. The number of likely N-dealkylation sites (tertiary alicyclic amines) is 1. The molecule has 0 spiro atoms. The summed E-state index contributed by atoms with van der Waals surface area (Å²) in [6, 6.07) is 5.90. The van der Waals surface area contributed by atoms with E-state index in [0.29, 0.717) is 5.84 Å². The first kappa shape index (κ1) is 10.9. The molecule has 1 atom stereocenters. The van der Waals surface area contributed by atoms with Crippen LogP contribution in [0.1, 0.15) is 18.5 Å².